The lowest BCUT2D eigenvalue weighted by Crippen LogP contribution is -2.20. The Hall–Kier alpha value is -0.570. The summed E-state index contributed by atoms with van der Waals surface area (Å²) in [5.41, 5.74) is 1.14. The van der Waals surface area contributed by atoms with Gasteiger partial charge in [-0.05, 0) is 31.2 Å². The molecule has 0 saturated heterocycles. The summed E-state index contributed by atoms with van der Waals surface area (Å²) in [7, 11) is 1.93. The molecule has 1 aromatic carbocycles. The molecule has 0 aliphatic rings. The quantitative estimate of drug-likeness (QED) is 0.739. The normalized spacial score (nSPS) is 12.7. The van der Waals surface area contributed by atoms with E-state index in [0.717, 1.165) is 36.6 Å². The van der Waals surface area contributed by atoms with Gasteiger partial charge < -0.3 is 10.1 Å². The van der Waals surface area contributed by atoms with Gasteiger partial charge in [0, 0.05) is 18.2 Å². The van der Waals surface area contributed by atoms with Gasteiger partial charge in [-0.2, -0.15) is 0 Å². The maximum atomic E-state index is 5.97. The van der Waals surface area contributed by atoms with Gasteiger partial charge in [0.1, 0.15) is 0 Å². The molecule has 0 saturated carbocycles. The number of benzene rings is 1. The number of ether oxygens (including phenoxy) is 1. The molecular weight excluding hydrogens is 222 g/mol. The molecule has 0 aliphatic carbocycles. The number of hydrogen-bond acceptors (Lipinski definition) is 2. The van der Waals surface area contributed by atoms with Crippen LogP contribution in [0.25, 0.3) is 0 Å². The molecule has 90 valence electrons. The van der Waals surface area contributed by atoms with Crippen LogP contribution in [0.1, 0.15) is 31.4 Å². The number of likely N-dealkylation sites (N-methyl/N-ethyl adjacent to an activating group) is 1. The van der Waals surface area contributed by atoms with Crippen molar-refractivity contribution in [3.05, 3.63) is 34.9 Å². The summed E-state index contributed by atoms with van der Waals surface area (Å²) < 4.78 is 5.84. The van der Waals surface area contributed by atoms with E-state index in [0.29, 0.717) is 0 Å². The highest BCUT2D eigenvalue weighted by Gasteiger charge is 2.10. The van der Waals surface area contributed by atoms with Crippen LogP contribution in [0, 0.1) is 0 Å². The molecule has 0 amide bonds. The molecule has 3 heteroatoms. The lowest BCUT2D eigenvalue weighted by atomic mass is 10.1. The van der Waals surface area contributed by atoms with Crippen LogP contribution in [0.2, 0.25) is 5.02 Å². The Labute approximate surface area is 103 Å². The Morgan fingerprint density at radius 1 is 1.44 bits per heavy atom. The molecule has 1 rings (SSSR count). The van der Waals surface area contributed by atoms with Gasteiger partial charge in [-0.1, -0.05) is 37.1 Å². The molecule has 0 aromatic heterocycles. The van der Waals surface area contributed by atoms with Crippen molar-refractivity contribution in [3.63, 3.8) is 0 Å². The van der Waals surface area contributed by atoms with Crippen molar-refractivity contribution in [1.29, 1.82) is 0 Å². The van der Waals surface area contributed by atoms with Crippen LogP contribution in [-0.4, -0.2) is 20.2 Å². The smallest absolute Gasteiger partial charge is 0.0949 e. The SMILES string of the molecule is CCCCOC(CNC)c1cccc(Cl)c1. The van der Waals surface area contributed by atoms with Crippen molar-refractivity contribution in [1.82, 2.24) is 5.32 Å². The Balaban J connectivity index is 2.61. The minimum atomic E-state index is 0.0928. The van der Waals surface area contributed by atoms with Crippen LogP contribution in [0.15, 0.2) is 24.3 Å². The van der Waals surface area contributed by atoms with Gasteiger partial charge in [-0.25, -0.2) is 0 Å². The maximum Gasteiger partial charge on any atom is 0.0949 e. The zero-order chi connectivity index (χ0) is 11.8. The standard InChI is InChI=1S/C13H20ClNO/c1-3-4-8-16-13(10-15-2)11-6-5-7-12(14)9-11/h5-7,9,13,15H,3-4,8,10H2,1-2H3. The van der Waals surface area contributed by atoms with Crippen molar-refractivity contribution < 1.29 is 4.74 Å². The van der Waals surface area contributed by atoms with Crippen molar-refractivity contribution in [2.45, 2.75) is 25.9 Å². The summed E-state index contributed by atoms with van der Waals surface area (Å²) in [5, 5.41) is 3.91. The minimum Gasteiger partial charge on any atom is -0.372 e. The highest BCUT2D eigenvalue weighted by atomic mass is 35.5. The first kappa shape index (κ1) is 13.5. The van der Waals surface area contributed by atoms with Crippen LogP contribution >= 0.6 is 11.6 Å². The van der Waals surface area contributed by atoms with E-state index in [1.807, 2.05) is 25.2 Å². The molecule has 0 aliphatic heterocycles. The van der Waals surface area contributed by atoms with Crippen LogP contribution in [0.5, 0.6) is 0 Å². The largest absolute Gasteiger partial charge is 0.372 e. The van der Waals surface area contributed by atoms with Crippen molar-refractivity contribution >= 4 is 11.6 Å². The molecular formula is C13H20ClNO. The summed E-state index contributed by atoms with van der Waals surface area (Å²) >= 11 is 5.97. The van der Waals surface area contributed by atoms with E-state index in [-0.39, 0.29) is 6.10 Å². The van der Waals surface area contributed by atoms with E-state index >= 15 is 0 Å². The zero-order valence-electron chi connectivity index (χ0n) is 10.0. The molecule has 1 aromatic rings. The van der Waals surface area contributed by atoms with E-state index in [1.165, 1.54) is 0 Å². The molecule has 0 bridgehead atoms. The molecule has 1 N–H and O–H groups in total. The number of hydrogen-bond donors (Lipinski definition) is 1. The third kappa shape index (κ3) is 4.52. The fraction of sp³-hybridized carbons (Fsp3) is 0.538. The fourth-order valence-electron chi connectivity index (χ4n) is 1.54. The van der Waals surface area contributed by atoms with Gasteiger partial charge in [0.15, 0.2) is 0 Å². The first-order valence-corrected chi connectivity index (χ1v) is 6.17. The van der Waals surface area contributed by atoms with E-state index in [4.69, 9.17) is 16.3 Å². The summed E-state index contributed by atoms with van der Waals surface area (Å²) in [6.45, 7) is 3.77. The monoisotopic (exact) mass is 241 g/mol. The van der Waals surface area contributed by atoms with Gasteiger partial charge >= 0.3 is 0 Å². The summed E-state index contributed by atoms with van der Waals surface area (Å²) in [6, 6.07) is 7.87. The Kier molecular flexibility index (Phi) is 6.46. The first-order valence-electron chi connectivity index (χ1n) is 5.79. The van der Waals surface area contributed by atoms with Crippen LogP contribution in [-0.2, 0) is 4.74 Å². The van der Waals surface area contributed by atoms with Gasteiger partial charge in [0.25, 0.3) is 0 Å². The van der Waals surface area contributed by atoms with Crippen molar-refractivity contribution in [2.24, 2.45) is 0 Å². The third-order valence-corrected chi connectivity index (χ3v) is 2.66. The fourth-order valence-corrected chi connectivity index (χ4v) is 1.73. The van der Waals surface area contributed by atoms with Crippen molar-refractivity contribution in [3.8, 4) is 0 Å². The van der Waals surface area contributed by atoms with E-state index in [9.17, 15) is 0 Å². The van der Waals surface area contributed by atoms with Gasteiger partial charge in [-0.15, -0.1) is 0 Å². The molecule has 1 unspecified atom stereocenters. The predicted octanol–water partition coefficient (Wildman–Crippen LogP) is 3.42. The van der Waals surface area contributed by atoms with Gasteiger partial charge in [0.05, 0.1) is 6.10 Å². The van der Waals surface area contributed by atoms with E-state index < -0.39 is 0 Å². The second kappa shape index (κ2) is 7.66. The first-order chi connectivity index (χ1) is 7.77. The average molecular weight is 242 g/mol. The number of unbranched alkanes of at least 4 members (excludes halogenated alkanes) is 1. The molecule has 0 radical (unpaired) electrons. The summed E-state index contributed by atoms with van der Waals surface area (Å²) in [5.74, 6) is 0. The molecule has 0 spiro atoms. The van der Waals surface area contributed by atoms with Gasteiger partial charge in [0.2, 0.25) is 0 Å². The number of nitrogens with one attached hydrogen (secondary N) is 1. The maximum absolute atomic E-state index is 5.97. The number of halogens is 1. The second-order valence-corrected chi connectivity index (χ2v) is 4.26. The number of rotatable bonds is 7. The minimum absolute atomic E-state index is 0.0928. The van der Waals surface area contributed by atoms with Crippen LogP contribution < -0.4 is 5.32 Å². The lowest BCUT2D eigenvalue weighted by molar-refractivity contribution is 0.0519. The molecule has 0 fully saturated rings. The molecule has 0 heterocycles. The predicted molar refractivity (Wildman–Crippen MR) is 69.0 cm³/mol. The molecule has 2 nitrogen and oxygen atoms in total. The zero-order valence-corrected chi connectivity index (χ0v) is 10.8. The Bertz CT molecular complexity index is 304. The van der Waals surface area contributed by atoms with Crippen LogP contribution in [0.4, 0.5) is 0 Å². The van der Waals surface area contributed by atoms with Gasteiger partial charge in [-0.3, -0.25) is 0 Å². The lowest BCUT2D eigenvalue weighted by Gasteiger charge is -2.18. The highest BCUT2D eigenvalue weighted by molar-refractivity contribution is 6.30. The van der Waals surface area contributed by atoms with Crippen LogP contribution in [0.3, 0.4) is 0 Å². The molecule has 16 heavy (non-hydrogen) atoms. The second-order valence-electron chi connectivity index (χ2n) is 3.83. The summed E-state index contributed by atoms with van der Waals surface area (Å²) in [4.78, 5) is 0. The Morgan fingerprint density at radius 2 is 2.25 bits per heavy atom. The third-order valence-electron chi connectivity index (χ3n) is 2.43. The highest BCUT2D eigenvalue weighted by Crippen LogP contribution is 2.20. The van der Waals surface area contributed by atoms with E-state index in [2.05, 4.69) is 18.3 Å². The van der Waals surface area contributed by atoms with E-state index in [1.54, 1.807) is 0 Å². The van der Waals surface area contributed by atoms with Crippen molar-refractivity contribution in [2.75, 3.05) is 20.2 Å². The average Bonchev–Trinajstić information content (AvgIpc) is 2.28. The summed E-state index contributed by atoms with van der Waals surface area (Å²) in [6.07, 6.45) is 2.35. The Morgan fingerprint density at radius 3 is 2.88 bits per heavy atom. The topological polar surface area (TPSA) is 21.3 Å². The molecule has 1 atom stereocenters.